The third-order valence-electron chi connectivity index (χ3n) is 2.14. The molecule has 0 amide bonds. The second kappa shape index (κ2) is 5.80. The van der Waals surface area contributed by atoms with Crippen LogP contribution in [0.3, 0.4) is 0 Å². The van der Waals surface area contributed by atoms with Gasteiger partial charge in [0.25, 0.3) is 0 Å². The van der Waals surface area contributed by atoms with E-state index in [4.69, 9.17) is 11.2 Å². The molecule has 0 radical (unpaired) electrons. The Morgan fingerprint density at radius 1 is 1.77 bits per heavy atom. The molecule has 72 valence electrons. The van der Waals surface area contributed by atoms with E-state index >= 15 is 0 Å². The lowest BCUT2D eigenvalue weighted by Crippen LogP contribution is -2.41. The lowest BCUT2D eigenvalue weighted by molar-refractivity contribution is 0.0770. The molecule has 0 bridgehead atoms. The van der Waals surface area contributed by atoms with Crippen LogP contribution in [0.2, 0.25) is 0 Å². The summed E-state index contributed by atoms with van der Waals surface area (Å²) in [4.78, 5) is 0. The predicted octanol–water partition coefficient (Wildman–Crippen LogP) is 1.33. The summed E-state index contributed by atoms with van der Waals surface area (Å²) < 4.78 is 5.36. The average Bonchev–Trinajstić information content (AvgIpc) is 2.16. The lowest BCUT2D eigenvalue weighted by atomic mass is 10.1. The Balaban J connectivity index is 2.26. The van der Waals surface area contributed by atoms with Crippen LogP contribution in [0.15, 0.2) is 11.6 Å². The van der Waals surface area contributed by atoms with E-state index in [-0.39, 0.29) is 0 Å². The van der Waals surface area contributed by atoms with Crippen LogP contribution in [0.25, 0.3) is 0 Å². The number of rotatable bonds is 3. The normalized spacial score (nSPS) is 24.0. The van der Waals surface area contributed by atoms with Gasteiger partial charge in [-0.1, -0.05) is 11.6 Å². The maximum absolute atomic E-state index is 5.36. The molecule has 1 fully saturated rings. The maximum atomic E-state index is 5.36. The van der Waals surface area contributed by atoms with Crippen molar-refractivity contribution >= 4 is 0 Å². The zero-order valence-corrected chi connectivity index (χ0v) is 8.18. The first-order valence-electron chi connectivity index (χ1n) is 4.73. The first-order chi connectivity index (χ1) is 6.33. The number of ether oxygens (including phenoxy) is 1. The van der Waals surface area contributed by atoms with Crippen molar-refractivity contribution in [2.24, 2.45) is 0 Å². The summed E-state index contributed by atoms with van der Waals surface area (Å²) in [6.07, 6.45) is 9.06. The minimum Gasteiger partial charge on any atom is -0.379 e. The molecule has 2 heteroatoms. The van der Waals surface area contributed by atoms with Crippen molar-refractivity contribution in [2.75, 3.05) is 19.8 Å². The second-order valence-corrected chi connectivity index (χ2v) is 3.39. The molecule has 1 N–H and O–H groups in total. The molecule has 0 aromatic carbocycles. The van der Waals surface area contributed by atoms with Gasteiger partial charge in [-0.25, -0.2) is 0 Å². The number of morpholine rings is 1. The average molecular weight is 179 g/mol. The van der Waals surface area contributed by atoms with E-state index in [1.165, 1.54) is 5.57 Å². The number of terminal acetylenes is 1. The summed E-state index contributed by atoms with van der Waals surface area (Å²) in [6.45, 7) is 4.74. The highest BCUT2D eigenvalue weighted by Crippen LogP contribution is 2.07. The van der Waals surface area contributed by atoms with Gasteiger partial charge in [0.15, 0.2) is 0 Å². The Kier molecular flexibility index (Phi) is 4.59. The number of allylic oxidation sites excluding steroid dienone is 1. The van der Waals surface area contributed by atoms with Gasteiger partial charge in [0, 0.05) is 19.0 Å². The van der Waals surface area contributed by atoms with Crippen LogP contribution in [0.5, 0.6) is 0 Å². The van der Waals surface area contributed by atoms with E-state index in [1.54, 1.807) is 0 Å². The van der Waals surface area contributed by atoms with E-state index in [1.807, 2.05) is 0 Å². The standard InChI is InChI=1S/C11H17NO/c1-3-4-5-10(2)8-11-9-13-7-6-12-11/h1,5,11-12H,4,6-9H2,2H3/b10-5+. The highest BCUT2D eigenvalue weighted by atomic mass is 16.5. The van der Waals surface area contributed by atoms with Crippen LogP contribution < -0.4 is 5.32 Å². The van der Waals surface area contributed by atoms with E-state index in [9.17, 15) is 0 Å². The van der Waals surface area contributed by atoms with E-state index < -0.39 is 0 Å². The monoisotopic (exact) mass is 179 g/mol. The fourth-order valence-corrected chi connectivity index (χ4v) is 1.46. The highest BCUT2D eigenvalue weighted by Gasteiger charge is 2.12. The summed E-state index contributed by atoms with van der Waals surface area (Å²) in [5.41, 5.74) is 1.35. The van der Waals surface area contributed by atoms with Gasteiger partial charge in [0.1, 0.15) is 0 Å². The highest BCUT2D eigenvalue weighted by molar-refractivity contribution is 5.06. The van der Waals surface area contributed by atoms with E-state index in [0.717, 1.165) is 32.6 Å². The molecule has 0 saturated carbocycles. The molecule has 13 heavy (non-hydrogen) atoms. The molecule has 0 aliphatic carbocycles. The lowest BCUT2D eigenvalue weighted by Gasteiger charge is -2.23. The van der Waals surface area contributed by atoms with Crippen molar-refractivity contribution in [3.63, 3.8) is 0 Å². The molecule has 2 nitrogen and oxygen atoms in total. The second-order valence-electron chi connectivity index (χ2n) is 3.39. The molecule has 1 saturated heterocycles. The fraction of sp³-hybridized carbons (Fsp3) is 0.636. The van der Waals surface area contributed by atoms with Crippen LogP contribution in [-0.2, 0) is 4.74 Å². The minimum atomic E-state index is 0.475. The van der Waals surface area contributed by atoms with Crippen LogP contribution in [0.4, 0.5) is 0 Å². The van der Waals surface area contributed by atoms with Gasteiger partial charge in [-0.2, -0.15) is 0 Å². The molecule has 1 aliphatic heterocycles. The third-order valence-corrected chi connectivity index (χ3v) is 2.14. The molecule has 0 aromatic rings. The molecular weight excluding hydrogens is 162 g/mol. The van der Waals surface area contributed by atoms with Crippen LogP contribution >= 0.6 is 0 Å². The van der Waals surface area contributed by atoms with Crippen molar-refractivity contribution < 1.29 is 4.74 Å². The molecule has 1 aliphatic rings. The van der Waals surface area contributed by atoms with Crippen molar-refractivity contribution in [3.05, 3.63) is 11.6 Å². The minimum absolute atomic E-state index is 0.475. The smallest absolute Gasteiger partial charge is 0.0623 e. The number of hydrogen-bond donors (Lipinski definition) is 1. The van der Waals surface area contributed by atoms with Crippen molar-refractivity contribution in [1.82, 2.24) is 5.32 Å². The zero-order valence-electron chi connectivity index (χ0n) is 8.18. The molecule has 1 unspecified atom stereocenters. The first-order valence-corrected chi connectivity index (χ1v) is 4.73. The third kappa shape index (κ3) is 4.12. The van der Waals surface area contributed by atoms with Gasteiger partial charge in [0.05, 0.1) is 13.2 Å². The zero-order chi connectivity index (χ0) is 9.52. The Hall–Kier alpha value is -0.780. The summed E-state index contributed by atoms with van der Waals surface area (Å²) in [7, 11) is 0. The van der Waals surface area contributed by atoms with Gasteiger partial charge >= 0.3 is 0 Å². The maximum Gasteiger partial charge on any atom is 0.0623 e. The largest absolute Gasteiger partial charge is 0.379 e. The van der Waals surface area contributed by atoms with Gasteiger partial charge in [-0.3, -0.25) is 0 Å². The van der Waals surface area contributed by atoms with Crippen molar-refractivity contribution in [3.8, 4) is 12.3 Å². The molecule has 1 atom stereocenters. The van der Waals surface area contributed by atoms with E-state index in [2.05, 4.69) is 24.2 Å². The molecule has 1 heterocycles. The Morgan fingerprint density at radius 3 is 3.23 bits per heavy atom. The topological polar surface area (TPSA) is 21.3 Å². The summed E-state index contributed by atoms with van der Waals surface area (Å²) in [5, 5.41) is 3.41. The van der Waals surface area contributed by atoms with Gasteiger partial charge in [-0.05, 0) is 13.3 Å². The molecular formula is C11H17NO. The quantitative estimate of drug-likeness (QED) is 0.521. The SMILES string of the molecule is C#CC/C=C(\C)CC1COCCN1. The van der Waals surface area contributed by atoms with Gasteiger partial charge in [0.2, 0.25) is 0 Å². The fourth-order valence-electron chi connectivity index (χ4n) is 1.46. The van der Waals surface area contributed by atoms with E-state index in [0.29, 0.717) is 6.04 Å². The predicted molar refractivity (Wildman–Crippen MR) is 54.4 cm³/mol. The number of hydrogen-bond acceptors (Lipinski definition) is 2. The Bertz CT molecular complexity index is 209. The van der Waals surface area contributed by atoms with Crippen LogP contribution in [-0.4, -0.2) is 25.8 Å². The molecule has 0 aromatic heterocycles. The first kappa shape index (κ1) is 10.3. The number of nitrogens with one attached hydrogen (secondary N) is 1. The van der Waals surface area contributed by atoms with Crippen molar-refractivity contribution in [2.45, 2.75) is 25.8 Å². The molecule has 1 rings (SSSR count). The Labute approximate surface area is 80.4 Å². The van der Waals surface area contributed by atoms with Crippen LogP contribution in [0, 0.1) is 12.3 Å². The summed E-state index contributed by atoms with van der Waals surface area (Å²) in [6, 6.07) is 0.475. The van der Waals surface area contributed by atoms with Crippen LogP contribution in [0.1, 0.15) is 19.8 Å². The van der Waals surface area contributed by atoms with Gasteiger partial charge < -0.3 is 10.1 Å². The summed E-state index contributed by atoms with van der Waals surface area (Å²) >= 11 is 0. The summed E-state index contributed by atoms with van der Waals surface area (Å²) in [5.74, 6) is 2.61. The van der Waals surface area contributed by atoms with Crippen molar-refractivity contribution in [1.29, 1.82) is 0 Å². The molecule has 0 spiro atoms. The van der Waals surface area contributed by atoms with Gasteiger partial charge in [-0.15, -0.1) is 12.3 Å². The Morgan fingerprint density at radius 2 is 2.62 bits per heavy atom.